The van der Waals surface area contributed by atoms with Gasteiger partial charge in [0, 0.05) is 24.8 Å². The first-order valence-electron chi connectivity index (χ1n) is 6.33. The molecule has 8 heteroatoms. The number of alkyl carbamates (subject to hydrolysis) is 1. The normalized spacial score (nSPS) is 17.1. The summed E-state index contributed by atoms with van der Waals surface area (Å²) >= 11 is 0. The molecule has 1 N–H and O–H groups in total. The Morgan fingerprint density at radius 1 is 1.62 bits per heavy atom. The maximum absolute atomic E-state index is 11.2. The van der Waals surface area contributed by atoms with Gasteiger partial charge in [-0.05, 0) is 18.6 Å². The lowest BCUT2D eigenvalue weighted by molar-refractivity contribution is -0.385. The molecule has 1 aromatic rings. The summed E-state index contributed by atoms with van der Waals surface area (Å²) in [6, 6.07) is 6.24. The number of hydrogen-bond acceptors (Lipinski definition) is 6. The van der Waals surface area contributed by atoms with Crippen molar-refractivity contribution in [3.63, 3.8) is 0 Å². The van der Waals surface area contributed by atoms with E-state index in [0.717, 1.165) is 6.42 Å². The van der Waals surface area contributed by atoms with Gasteiger partial charge in [-0.2, -0.15) is 5.26 Å². The zero-order valence-electron chi connectivity index (χ0n) is 11.4. The van der Waals surface area contributed by atoms with E-state index in [1.54, 1.807) is 12.1 Å². The fraction of sp³-hybridized carbons (Fsp3) is 0.385. The molecule has 0 aliphatic carbocycles. The van der Waals surface area contributed by atoms with Gasteiger partial charge >= 0.3 is 6.09 Å². The summed E-state index contributed by atoms with van der Waals surface area (Å²) in [5, 5.41) is 22.5. The molecule has 0 radical (unpaired) electrons. The third-order valence-electron chi connectivity index (χ3n) is 3.36. The number of methoxy groups -OCH3 is 1. The summed E-state index contributed by atoms with van der Waals surface area (Å²) in [6.07, 6.45) is 0.232. The van der Waals surface area contributed by atoms with Crippen molar-refractivity contribution in [3.8, 4) is 6.07 Å². The second-order valence-corrected chi connectivity index (χ2v) is 4.64. The number of nitro benzene ring substituents is 1. The highest BCUT2D eigenvalue weighted by atomic mass is 16.6. The summed E-state index contributed by atoms with van der Waals surface area (Å²) in [7, 11) is 1.30. The maximum Gasteiger partial charge on any atom is 0.407 e. The molecule has 110 valence electrons. The molecule has 1 amide bonds. The van der Waals surface area contributed by atoms with Crippen LogP contribution in [0.3, 0.4) is 0 Å². The number of nitriles is 1. The molecule has 2 rings (SSSR count). The van der Waals surface area contributed by atoms with E-state index in [4.69, 9.17) is 5.26 Å². The number of carbonyl (C=O) groups excluding carboxylic acids is 1. The highest BCUT2D eigenvalue weighted by Crippen LogP contribution is 2.27. The summed E-state index contributed by atoms with van der Waals surface area (Å²) in [4.78, 5) is 23.5. The van der Waals surface area contributed by atoms with Gasteiger partial charge in [-0.15, -0.1) is 0 Å². The van der Waals surface area contributed by atoms with Crippen LogP contribution in [0.2, 0.25) is 0 Å². The van der Waals surface area contributed by atoms with Crippen molar-refractivity contribution in [2.24, 2.45) is 0 Å². The average Bonchev–Trinajstić information content (AvgIpc) is 2.94. The molecular formula is C13H14N4O4. The molecule has 0 bridgehead atoms. The fourth-order valence-electron chi connectivity index (χ4n) is 2.30. The zero-order valence-corrected chi connectivity index (χ0v) is 11.4. The average molecular weight is 290 g/mol. The van der Waals surface area contributed by atoms with Gasteiger partial charge in [0.1, 0.15) is 11.6 Å². The first-order chi connectivity index (χ1) is 10.0. The molecule has 1 unspecified atom stereocenters. The van der Waals surface area contributed by atoms with Crippen LogP contribution in [0.4, 0.5) is 16.2 Å². The Bertz CT molecular complexity index is 611. The number of anilines is 1. The second-order valence-electron chi connectivity index (χ2n) is 4.64. The number of benzene rings is 1. The Morgan fingerprint density at radius 2 is 2.38 bits per heavy atom. The van der Waals surface area contributed by atoms with Crippen molar-refractivity contribution in [2.45, 2.75) is 12.5 Å². The number of nitrogens with one attached hydrogen (secondary N) is 1. The molecule has 1 atom stereocenters. The van der Waals surface area contributed by atoms with E-state index in [1.807, 2.05) is 4.90 Å². The van der Waals surface area contributed by atoms with Crippen molar-refractivity contribution in [1.82, 2.24) is 5.32 Å². The van der Waals surface area contributed by atoms with E-state index in [-0.39, 0.29) is 17.3 Å². The number of nitro groups is 1. The lowest BCUT2D eigenvalue weighted by atomic mass is 10.1. The lowest BCUT2D eigenvalue weighted by Crippen LogP contribution is -2.36. The van der Waals surface area contributed by atoms with Gasteiger partial charge in [-0.1, -0.05) is 0 Å². The predicted octanol–water partition coefficient (Wildman–Crippen LogP) is 1.40. The summed E-state index contributed by atoms with van der Waals surface area (Å²) in [5.41, 5.74) is 0.487. The van der Waals surface area contributed by atoms with Gasteiger partial charge in [0.15, 0.2) is 0 Å². The number of carbonyl (C=O) groups is 1. The Kier molecular flexibility index (Phi) is 4.23. The Hall–Kier alpha value is -2.82. The lowest BCUT2D eigenvalue weighted by Gasteiger charge is -2.18. The van der Waals surface area contributed by atoms with Crippen LogP contribution in [0.25, 0.3) is 0 Å². The molecule has 21 heavy (non-hydrogen) atoms. The van der Waals surface area contributed by atoms with Crippen molar-refractivity contribution < 1.29 is 14.5 Å². The van der Waals surface area contributed by atoms with Gasteiger partial charge in [0.05, 0.1) is 18.1 Å². The van der Waals surface area contributed by atoms with Gasteiger partial charge < -0.3 is 15.0 Å². The van der Waals surface area contributed by atoms with Crippen molar-refractivity contribution >= 4 is 17.5 Å². The smallest absolute Gasteiger partial charge is 0.407 e. The first kappa shape index (κ1) is 14.6. The Balaban J connectivity index is 2.13. The van der Waals surface area contributed by atoms with Gasteiger partial charge in [-0.3, -0.25) is 10.1 Å². The van der Waals surface area contributed by atoms with E-state index >= 15 is 0 Å². The molecule has 1 saturated heterocycles. The van der Waals surface area contributed by atoms with Crippen molar-refractivity contribution in [1.29, 1.82) is 5.26 Å². The van der Waals surface area contributed by atoms with E-state index in [9.17, 15) is 14.9 Å². The highest BCUT2D eigenvalue weighted by molar-refractivity contribution is 5.68. The first-order valence-corrected chi connectivity index (χ1v) is 6.33. The van der Waals surface area contributed by atoms with Crippen LogP contribution in [-0.4, -0.2) is 37.3 Å². The minimum absolute atomic E-state index is 0.0344. The SMILES string of the molecule is COC(=O)NC1CCN(c2ccc(C#N)c([N+](=O)[O-])c2)C1. The van der Waals surface area contributed by atoms with Crippen LogP contribution in [0.1, 0.15) is 12.0 Å². The molecule has 1 aromatic carbocycles. The summed E-state index contributed by atoms with van der Waals surface area (Å²) < 4.78 is 4.54. The highest BCUT2D eigenvalue weighted by Gasteiger charge is 2.26. The summed E-state index contributed by atoms with van der Waals surface area (Å²) in [5.74, 6) is 0. The van der Waals surface area contributed by atoms with E-state index in [1.165, 1.54) is 19.2 Å². The molecule has 8 nitrogen and oxygen atoms in total. The fourth-order valence-corrected chi connectivity index (χ4v) is 2.30. The molecule has 1 fully saturated rings. The van der Waals surface area contributed by atoms with E-state index in [2.05, 4.69) is 10.1 Å². The molecule has 0 saturated carbocycles. The minimum Gasteiger partial charge on any atom is -0.453 e. The van der Waals surface area contributed by atoms with Gasteiger partial charge in [0.2, 0.25) is 0 Å². The standard InChI is InChI=1S/C13H14N4O4/c1-21-13(18)15-10-4-5-16(8-10)11-3-2-9(7-14)12(6-11)17(19)20/h2-3,6,10H,4-5,8H2,1H3,(H,15,18). The third kappa shape index (κ3) is 3.20. The number of amides is 1. The van der Waals surface area contributed by atoms with E-state index in [0.29, 0.717) is 18.8 Å². The monoisotopic (exact) mass is 290 g/mol. The van der Waals surface area contributed by atoms with Crippen molar-refractivity contribution in [3.05, 3.63) is 33.9 Å². The Labute approximate surface area is 121 Å². The van der Waals surface area contributed by atoms with Crippen LogP contribution >= 0.6 is 0 Å². The second kappa shape index (κ2) is 6.09. The molecule has 0 aromatic heterocycles. The largest absolute Gasteiger partial charge is 0.453 e. The maximum atomic E-state index is 11.2. The molecule has 1 heterocycles. The van der Waals surface area contributed by atoms with E-state index < -0.39 is 11.0 Å². The number of rotatable bonds is 3. The number of hydrogen-bond donors (Lipinski definition) is 1. The number of ether oxygens (including phenoxy) is 1. The van der Waals surface area contributed by atoms with Crippen LogP contribution in [0.15, 0.2) is 18.2 Å². The van der Waals surface area contributed by atoms with Crippen LogP contribution in [0.5, 0.6) is 0 Å². The zero-order chi connectivity index (χ0) is 15.4. The van der Waals surface area contributed by atoms with Crippen LogP contribution < -0.4 is 10.2 Å². The van der Waals surface area contributed by atoms with Gasteiger partial charge in [0.25, 0.3) is 5.69 Å². The topological polar surface area (TPSA) is 108 Å². The molecule has 1 aliphatic heterocycles. The van der Waals surface area contributed by atoms with Crippen molar-refractivity contribution in [2.75, 3.05) is 25.1 Å². The van der Waals surface area contributed by atoms with Gasteiger partial charge in [-0.25, -0.2) is 4.79 Å². The number of nitrogens with zero attached hydrogens (tertiary/aromatic N) is 3. The molecular weight excluding hydrogens is 276 g/mol. The molecule has 0 spiro atoms. The quantitative estimate of drug-likeness (QED) is 0.665. The minimum atomic E-state index is -0.567. The predicted molar refractivity (Wildman–Crippen MR) is 74.0 cm³/mol. The Morgan fingerprint density at radius 3 is 3.00 bits per heavy atom. The van der Waals surface area contributed by atoms with Crippen LogP contribution in [0, 0.1) is 21.4 Å². The van der Waals surface area contributed by atoms with Crippen LogP contribution in [-0.2, 0) is 4.74 Å². The molecule has 1 aliphatic rings. The third-order valence-corrected chi connectivity index (χ3v) is 3.36. The summed E-state index contributed by atoms with van der Waals surface area (Å²) in [6.45, 7) is 1.20.